The van der Waals surface area contributed by atoms with Crippen LogP contribution in [0.4, 0.5) is 0 Å². The monoisotopic (exact) mass is 1930 g/mol. The Labute approximate surface area is 735 Å². The second-order valence-electron chi connectivity index (χ2n) is 22.0. The molecule has 0 bridgehead atoms. The Morgan fingerprint density at radius 1 is 0.366 bits per heavy atom. The van der Waals surface area contributed by atoms with Crippen LogP contribution >= 0.6 is 197 Å². The number of ether oxygens (including phenoxy) is 5. The van der Waals surface area contributed by atoms with E-state index in [2.05, 4.69) is 70.0 Å². The van der Waals surface area contributed by atoms with E-state index in [1.165, 1.54) is 96.2 Å². The van der Waals surface area contributed by atoms with Crippen LogP contribution in [0, 0.1) is 40.1 Å². The third-order valence-corrected chi connectivity index (χ3v) is 19.6. The lowest BCUT2D eigenvalue weighted by Crippen LogP contribution is -2.06. The van der Waals surface area contributed by atoms with E-state index in [0.717, 1.165) is 14.7 Å². The topological polar surface area (TPSA) is 250 Å². The van der Waals surface area contributed by atoms with Crippen molar-refractivity contribution in [1.82, 2.24) is 0 Å². The largest absolute Gasteiger partial charge is 0.478 e. The summed E-state index contributed by atoms with van der Waals surface area (Å²) in [7, 11) is 6.25. The molecule has 0 aliphatic heterocycles. The van der Waals surface area contributed by atoms with E-state index in [9.17, 15) is 49.2 Å². The number of aromatic carboxylic acids is 1. The number of aryl methyl sites for hydroxylation is 2. The summed E-state index contributed by atoms with van der Waals surface area (Å²) in [4.78, 5) is 67.9. The summed E-state index contributed by atoms with van der Waals surface area (Å²) in [5.74, 6) is 5.80. The summed E-state index contributed by atoms with van der Waals surface area (Å²) in [6.45, 7) is 0. The van der Waals surface area contributed by atoms with Crippen LogP contribution in [0.25, 0.3) is 0 Å². The van der Waals surface area contributed by atoms with E-state index in [0.29, 0.717) is 84.2 Å². The number of hydrogen-bond donors (Lipinski definition) is 5. The van der Waals surface area contributed by atoms with Gasteiger partial charge in [0.1, 0.15) is 12.2 Å². The second-order valence-corrected chi connectivity index (χ2v) is 29.5. The Morgan fingerprint density at radius 3 is 0.884 bits per heavy atom. The number of carbonyl (C=O) groups excluding carboxylic acids is 5. The molecule has 0 heterocycles. The van der Waals surface area contributed by atoms with Crippen molar-refractivity contribution in [2.75, 3.05) is 35.5 Å². The highest BCUT2D eigenvalue weighted by Gasteiger charge is 2.24. The molecule has 0 saturated heterocycles. The van der Waals surface area contributed by atoms with Gasteiger partial charge in [0.25, 0.3) is 0 Å². The zero-order valence-corrected chi connectivity index (χ0v) is 71.4. The van der Waals surface area contributed by atoms with Crippen molar-refractivity contribution in [3.63, 3.8) is 0 Å². The van der Waals surface area contributed by atoms with Gasteiger partial charge in [-0.1, -0.05) is 229 Å². The number of rotatable bonds is 16. The normalized spacial score (nSPS) is 11.2. The number of methoxy groups -OCH3 is 5. The molecule has 0 saturated carbocycles. The van der Waals surface area contributed by atoms with Gasteiger partial charge in [-0.3, -0.25) is 0 Å². The number of halogens is 16. The first-order valence-electron chi connectivity index (χ1n) is 31.0. The maximum Gasteiger partial charge on any atom is 0.340 e. The molecule has 16 nitrogen and oxygen atoms in total. The maximum atomic E-state index is 11.6. The quantitative estimate of drug-likeness (QED) is 0.0261. The molecule has 0 aromatic heterocycles. The summed E-state index contributed by atoms with van der Waals surface area (Å²) in [5.41, 5.74) is 5.53. The fourth-order valence-electron chi connectivity index (χ4n) is 9.07. The molecule has 0 radical (unpaired) electrons. The van der Waals surface area contributed by atoms with E-state index in [-0.39, 0.29) is 91.0 Å². The summed E-state index contributed by atoms with van der Waals surface area (Å²) in [6.07, 6.45) is 8.74. The van der Waals surface area contributed by atoms with Gasteiger partial charge in [-0.2, -0.15) is 0 Å². The Balaban J connectivity index is 0.000000352. The van der Waals surface area contributed by atoms with Crippen molar-refractivity contribution in [1.29, 1.82) is 0 Å². The Bertz CT molecular complexity index is 4850. The van der Waals surface area contributed by atoms with Crippen molar-refractivity contribution in [2.24, 2.45) is 0 Å². The highest BCUT2D eigenvalue weighted by atomic mass is 127. The number of hydrogen-bond acceptors (Lipinski definition) is 15. The van der Waals surface area contributed by atoms with Gasteiger partial charge in [-0.25, -0.2) is 28.8 Å². The van der Waals surface area contributed by atoms with Gasteiger partial charge in [0.2, 0.25) is 0 Å². The van der Waals surface area contributed by atoms with Crippen LogP contribution in [-0.4, -0.2) is 96.9 Å². The molecule has 112 heavy (non-hydrogen) atoms. The molecule has 0 spiro atoms. The van der Waals surface area contributed by atoms with Crippen LogP contribution in [0.3, 0.4) is 0 Å². The van der Waals surface area contributed by atoms with Crippen LogP contribution in [-0.2, 0) is 36.5 Å². The molecule has 590 valence electrons. The van der Waals surface area contributed by atoms with Gasteiger partial charge < -0.3 is 49.2 Å². The number of benzene rings is 9. The number of aliphatic hydroxyl groups excluding tert-OH is 4. The average molecular weight is 1940 g/mol. The van der Waals surface area contributed by atoms with Gasteiger partial charge in [0.15, 0.2) is 0 Å². The molecule has 4 unspecified atom stereocenters. The number of esters is 5. The van der Waals surface area contributed by atoms with Crippen LogP contribution < -0.4 is 0 Å². The second kappa shape index (κ2) is 49.3. The van der Waals surface area contributed by atoms with Gasteiger partial charge >= 0.3 is 35.8 Å². The smallest absolute Gasteiger partial charge is 0.340 e. The summed E-state index contributed by atoms with van der Waals surface area (Å²) < 4.78 is 23.7. The molecule has 0 aliphatic carbocycles. The molecule has 4 atom stereocenters. The van der Waals surface area contributed by atoms with E-state index < -0.39 is 60.2 Å². The number of aliphatic hydroxyl groups is 4. The lowest BCUT2D eigenvalue weighted by atomic mass is 10.00. The lowest BCUT2D eigenvalue weighted by Gasteiger charge is -2.14. The number of carbonyl (C=O) groups is 6. The molecule has 9 aromatic rings. The Hall–Kier alpha value is -6.60. The predicted octanol–water partition coefficient (Wildman–Crippen LogP) is 23.9. The van der Waals surface area contributed by atoms with Crippen molar-refractivity contribution in [2.45, 2.75) is 57.5 Å². The highest BCUT2D eigenvalue weighted by molar-refractivity contribution is 14.1. The molecular formula is C80H62Cl15IO16. The Morgan fingerprint density at radius 2 is 0.616 bits per heavy atom. The van der Waals surface area contributed by atoms with E-state index in [1.807, 2.05) is 36.4 Å². The molecular weight excluding hydrogens is 1880 g/mol. The van der Waals surface area contributed by atoms with Crippen LogP contribution in [0.5, 0.6) is 0 Å². The van der Waals surface area contributed by atoms with Gasteiger partial charge in [0.05, 0.1) is 141 Å². The van der Waals surface area contributed by atoms with Gasteiger partial charge in [-0.05, 0) is 203 Å². The zero-order valence-electron chi connectivity index (χ0n) is 57.9. The lowest BCUT2D eigenvalue weighted by molar-refractivity contribution is 0.0592. The minimum absolute atomic E-state index is 0. The van der Waals surface area contributed by atoms with Gasteiger partial charge in [0, 0.05) is 29.8 Å². The maximum absolute atomic E-state index is 11.6. The standard InChI is InChI=1S/C17H15Cl3O3.C17H11Cl3O3.C16H13Cl3O3.C11H8Cl2O3.C10H6Cl2O2.C8H5Cl2IO2.CH4/c2*1-23-17(22)16-13(19)8-11(9-14(16)20)15(21)7-4-10-2-5-12(18)6-3-10;17-11-4-1-9(2-5-11)3-6-14(20)10-7-12(18)15(16(21)22)13(19)8-10;1-3-9(14)6-4-7(12)10(8(13)5-6)11(15)16-2;1-3-6-4-7(11)9(8(12)5-6)10(13)14-2;1-13-8(12)7-5(9)2-4(11)3-6(7)10;/h2-3,5-6,8-9,15,21H,4,7H2,1H3;2-3,5-6,8-9,15,21H,1H3;1-2,4-5,7-8,14,20H,3,6H2,(H,21,22);1,4-5,9,14H,2H3;1,4-5H,2H3;2-3H,1H3;1H4. The van der Waals surface area contributed by atoms with E-state index >= 15 is 0 Å². The highest BCUT2D eigenvalue weighted by Crippen LogP contribution is 2.36. The third-order valence-electron chi connectivity index (χ3n) is 14.6. The zero-order chi connectivity index (χ0) is 83.3. The minimum atomic E-state index is -1.20. The number of terminal acetylenes is 2. The third kappa shape index (κ3) is 30.5. The van der Waals surface area contributed by atoms with Gasteiger partial charge in [-0.15, -0.1) is 12.8 Å². The average Bonchev–Trinajstić information content (AvgIpc) is 0.877. The van der Waals surface area contributed by atoms with Crippen molar-refractivity contribution < 1.29 is 78.0 Å². The first-order chi connectivity index (χ1) is 52.4. The van der Waals surface area contributed by atoms with Crippen molar-refractivity contribution in [3.8, 4) is 36.5 Å². The molecule has 5 N–H and O–H groups in total. The first-order valence-corrected chi connectivity index (χ1v) is 37.8. The molecule has 9 aromatic carbocycles. The summed E-state index contributed by atoms with van der Waals surface area (Å²) >= 11 is 90.5. The molecule has 9 rings (SSSR count). The number of carboxylic acid groups (broad SMARTS) is 1. The Kier molecular flexibility index (Phi) is 43.9. The summed E-state index contributed by atoms with van der Waals surface area (Å²) in [6, 6.07) is 39.5. The van der Waals surface area contributed by atoms with E-state index in [4.69, 9.17) is 192 Å². The van der Waals surface area contributed by atoms with E-state index in [1.54, 1.807) is 48.5 Å². The first kappa shape index (κ1) is 99.6. The fraction of sp³-hybridized carbons (Fsp3) is 0.175. The molecule has 0 amide bonds. The van der Waals surface area contributed by atoms with Crippen molar-refractivity contribution in [3.05, 3.63) is 302 Å². The molecule has 0 fully saturated rings. The van der Waals surface area contributed by atoms with Crippen LogP contribution in [0.15, 0.2) is 146 Å². The van der Waals surface area contributed by atoms with Crippen LogP contribution in [0.2, 0.25) is 75.3 Å². The number of carboxylic acids is 1. The van der Waals surface area contributed by atoms with Crippen LogP contribution in [0.1, 0.15) is 151 Å². The SMILES string of the molecule is C.C#CC(O)c1cc(Cl)c(C(=O)OC)c(Cl)c1.C#Cc1cc(Cl)c(C(=O)OC)c(Cl)c1.COC(=O)c1c(Cl)cc(C(O)C#Cc2ccc(Cl)cc2)cc1Cl.COC(=O)c1c(Cl)cc(C(O)CCc2ccc(Cl)cc2)cc1Cl.COC(=O)c1c(Cl)cc(I)cc1Cl.O=C(O)c1c(Cl)cc(C(O)CCc2ccc(Cl)cc2)cc1Cl. The molecule has 0 aliphatic rings. The fourth-order valence-corrected chi connectivity index (χ4v) is 14.4. The summed E-state index contributed by atoms with van der Waals surface area (Å²) in [5, 5.41) is 52.7. The predicted molar refractivity (Wildman–Crippen MR) is 456 cm³/mol. The molecule has 32 heteroatoms. The minimum Gasteiger partial charge on any atom is -0.478 e. The van der Waals surface area contributed by atoms with Crippen molar-refractivity contribution >= 4 is 232 Å².